The molecule has 0 unspecified atom stereocenters. The molecule has 0 aliphatic heterocycles. The molecule has 4 heteroatoms. The molecule has 0 aromatic carbocycles. The number of carbonyl (C=O) groups excluding carboxylic acids is 1. The van der Waals surface area contributed by atoms with Crippen LogP contribution in [0.3, 0.4) is 0 Å². The molecule has 4 nitrogen and oxygen atoms in total. The molecule has 1 saturated carbocycles. The van der Waals surface area contributed by atoms with Crippen LogP contribution < -0.4 is 10.5 Å². The molecule has 0 radical (unpaired) electrons. The highest BCUT2D eigenvalue weighted by Gasteiger charge is 2.27. The van der Waals surface area contributed by atoms with Crippen molar-refractivity contribution < 1.29 is 9.53 Å². The van der Waals surface area contributed by atoms with Gasteiger partial charge in [-0.3, -0.25) is 4.79 Å². The number of carbonyl (C=O) groups is 1. The summed E-state index contributed by atoms with van der Waals surface area (Å²) in [6, 6.07) is 1.79. The maximum Gasteiger partial charge on any atom is 0.226 e. The second kappa shape index (κ2) is 3.53. The molecule has 1 fully saturated rings. The Bertz CT molecular complexity index is 411. The zero-order valence-electron chi connectivity index (χ0n) is 8.91. The van der Waals surface area contributed by atoms with Gasteiger partial charge in [0.05, 0.1) is 7.11 Å². The molecule has 0 spiro atoms. The third-order valence-corrected chi connectivity index (χ3v) is 2.58. The number of anilines is 1. The van der Waals surface area contributed by atoms with E-state index in [0.29, 0.717) is 23.0 Å². The van der Waals surface area contributed by atoms with Gasteiger partial charge in [-0.1, -0.05) is 0 Å². The smallest absolute Gasteiger partial charge is 0.226 e. The van der Waals surface area contributed by atoms with Gasteiger partial charge in [-0.2, -0.15) is 0 Å². The summed E-state index contributed by atoms with van der Waals surface area (Å²) in [6.07, 6.45) is 2.30. The maximum atomic E-state index is 11.3. The van der Waals surface area contributed by atoms with Crippen LogP contribution in [-0.2, 0) is 0 Å². The first kappa shape index (κ1) is 9.96. The van der Waals surface area contributed by atoms with E-state index in [9.17, 15) is 4.79 Å². The van der Waals surface area contributed by atoms with Crippen LogP contribution in [0.5, 0.6) is 5.88 Å². The largest absolute Gasteiger partial charge is 0.480 e. The predicted molar refractivity (Wildman–Crippen MR) is 57.2 cm³/mol. The van der Waals surface area contributed by atoms with E-state index in [1.54, 1.807) is 6.07 Å². The van der Waals surface area contributed by atoms with Gasteiger partial charge in [0.25, 0.3) is 0 Å². The number of methoxy groups -OCH3 is 1. The Labute approximate surface area is 88.4 Å². The minimum atomic E-state index is -0.112. The van der Waals surface area contributed by atoms with E-state index in [0.717, 1.165) is 18.5 Å². The molecule has 80 valence electrons. The number of nitrogen functional groups attached to an aromatic ring is 1. The van der Waals surface area contributed by atoms with Crippen molar-refractivity contribution in [1.29, 1.82) is 0 Å². The summed E-state index contributed by atoms with van der Waals surface area (Å²) >= 11 is 0. The predicted octanol–water partition coefficient (Wildman–Crippen LogP) is 1.75. The van der Waals surface area contributed by atoms with Crippen molar-refractivity contribution in [1.82, 2.24) is 4.98 Å². The third kappa shape index (κ3) is 1.79. The molecule has 1 aromatic rings. The van der Waals surface area contributed by atoms with E-state index in [2.05, 4.69) is 4.98 Å². The number of hydrogen-bond acceptors (Lipinski definition) is 4. The molecule has 0 atom stereocenters. The fourth-order valence-corrected chi connectivity index (χ4v) is 1.65. The lowest BCUT2D eigenvalue weighted by Crippen LogP contribution is -2.06. The number of hydrogen-bond donors (Lipinski definition) is 1. The summed E-state index contributed by atoms with van der Waals surface area (Å²) in [6.45, 7) is 1.46. The fourth-order valence-electron chi connectivity index (χ4n) is 1.65. The van der Waals surface area contributed by atoms with Gasteiger partial charge in [0, 0.05) is 17.3 Å². The van der Waals surface area contributed by atoms with Crippen LogP contribution in [0.4, 0.5) is 5.69 Å². The molecule has 15 heavy (non-hydrogen) atoms. The van der Waals surface area contributed by atoms with Crippen LogP contribution in [0.25, 0.3) is 0 Å². The molecule has 0 saturated heterocycles. The van der Waals surface area contributed by atoms with E-state index in [-0.39, 0.29) is 5.78 Å². The Hall–Kier alpha value is -1.58. The molecular formula is C11H14N2O2. The topological polar surface area (TPSA) is 65.2 Å². The van der Waals surface area contributed by atoms with Crippen molar-refractivity contribution in [3.8, 4) is 5.88 Å². The van der Waals surface area contributed by atoms with E-state index >= 15 is 0 Å². The van der Waals surface area contributed by atoms with Gasteiger partial charge in [-0.25, -0.2) is 4.98 Å². The highest BCUT2D eigenvalue weighted by atomic mass is 16.5. The minimum Gasteiger partial charge on any atom is -0.480 e. The monoisotopic (exact) mass is 206 g/mol. The minimum absolute atomic E-state index is 0.112. The lowest BCUT2D eigenvalue weighted by molar-refractivity contribution is 0.101. The van der Waals surface area contributed by atoms with Crippen molar-refractivity contribution >= 4 is 11.5 Å². The molecule has 1 aromatic heterocycles. The van der Waals surface area contributed by atoms with Crippen LogP contribution in [0.15, 0.2) is 6.07 Å². The van der Waals surface area contributed by atoms with E-state index in [1.807, 2.05) is 0 Å². The highest BCUT2D eigenvalue weighted by Crippen LogP contribution is 2.41. The normalized spacial score (nSPS) is 15.1. The Morgan fingerprint density at radius 3 is 2.73 bits per heavy atom. The van der Waals surface area contributed by atoms with E-state index < -0.39 is 0 Å². The molecule has 0 amide bonds. The lowest BCUT2D eigenvalue weighted by atomic mass is 10.1. The Balaban J connectivity index is 2.50. The number of ketones is 1. The Morgan fingerprint density at radius 1 is 1.60 bits per heavy atom. The van der Waals surface area contributed by atoms with Crippen molar-refractivity contribution in [2.75, 3.05) is 12.8 Å². The number of ether oxygens (including phenoxy) is 1. The molecule has 1 aliphatic carbocycles. The number of pyridine rings is 1. The zero-order chi connectivity index (χ0) is 11.0. The van der Waals surface area contributed by atoms with E-state index in [4.69, 9.17) is 10.5 Å². The summed E-state index contributed by atoms with van der Waals surface area (Å²) in [7, 11) is 1.50. The average molecular weight is 206 g/mol. The van der Waals surface area contributed by atoms with Gasteiger partial charge >= 0.3 is 0 Å². The maximum absolute atomic E-state index is 11.3. The molecule has 1 aliphatic rings. The van der Waals surface area contributed by atoms with Gasteiger partial charge in [0.2, 0.25) is 5.88 Å². The summed E-state index contributed by atoms with van der Waals surface area (Å²) < 4.78 is 5.09. The number of nitrogens with two attached hydrogens (primary N) is 1. The van der Waals surface area contributed by atoms with Gasteiger partial charge in [-0.05, 0) is 25.8 Å². The molecule has 2 N–H and O–H groups in total. The van der Waals surface area contributed by atoms with Gasteiger partial charge in [0.1, 0.15) is 5.56 Å². The Morgan fingerprint density at radius 2 is 2.27 bits per heavy atom. The summed E-state index contributed by atoms with van der Waals surface area (Å²) in [5.74, 6) is 0.741. The van der Waals surface area contributed by atoms with E-state index in [1.165, 1.54) is 14.0 Å². The SMILES string of the molecule is COc1nc(C2CC2)cc(N)c1C(C)=O. The quantitative estimate of drug-likeness (QED) is 0.765. The second-order valence-electron chi connectivity index (χ2n) is 3.85. The van der Waals surface area contributed by atoms with Crippen LogP contribution in [-0.4, -0.2) is 17.9 Å². The lowest BCUT2D eigenvalue weighted by Gasteiger charge is -2.09. The summed E-state index contributed by atoms with van der Waals surface area (Å²) in [4.78, 5) is 15.7. The first-order valence-electron chi connectivity index (χ1n) is 4.98. The first-order valence-corrected chi connectivity index (χ1v) is 4.98. The summed E-state index contributed by atoms with van der Waals surface area (Å²) in [5.41, 5.74) is 7.62. The van der Waals surface area contributed by atoms with Gasteiger partial charge < -0.3 is 10.5 Å². The van der Waals surface area contributed by atoms with Crippen LogP contribution in [0, 0.1) is 0 Å². The first-order chi connectivity index (χ1) is 7.13. The number of nitrogens with zero attached hydrogens (tertiary/aromatic N) is 1. The van der Waals surface area contributed by atoms with Crippen LogP contribution in [0.1, 0.15) is 41.7 Å². The highest BCUT2D eigenvalue weighted by molar-refractivity contribution is 6.01. The van der Waals surface area contributed by atoms with Crippen LogP contribution >= 0.6 is 0 Å². The summed E-state index contributed by atoms with van der Waals surface area (Å²) in [5, 5.41) is 0. The molecule has 0 bridgehead atoms. The van der Waals surface area contributed by atoms with Gasteiger partial charge in [-0.15, -0.1) is 0 Å². The fraction of sp³-hybridized carbons (Fsp3) is 0.455. The molecule has 2 rings (SSSR count). The number of rotatable bonds is 3. The van der Waals surface area contributed by atoms with Crippen molar-refractivity contribution in [3.05, 3.63) is 17.3 Å². The van der Waals surface area contributed by atoms with Crippen LogP contribution in [0.2, 0.25) is 0 Å². The average Bonchev–Trinajstić information content (AvgIpc) is 2.98. The number of aromatic nitrogens is 1. The van der Waals surface area contributed by atoms with Gasteiger partial charge in [0.15, 0.2) is 5.78 Å². The standard InChI is InChI=1S/C11H14N2O2/c1-6(14)10-8(12)5-9(7-3-4-7)13-11(10)15-2/h5,7H,3-4H2,1-2H3,(H2,12,13). The number of Topliss-reactive ketones (excluding diaryl/α,β-unsaturated/α-hetero) is 1. The van der Waals surface area contributed by atoms with Crippen molar-refractivity contribution in [2.24, 2.45) is 0 Å². The molecular weight excluding hydrogens is 192 g/mol. The van der Waals surface area contributed by atoms with Crippen molar-refractivity contribution in [3.63, 3.8) is 0 Å². The Kier molecular flexibility index (Phi) is 2.34. The van der Waals surface area contributed by atoms with Crippen molar-refractivity contribution in [2.45, 2.75) is 25.7 Å². The second-order valence-corrected chi connectivity index (χ2v) is 3.85. The molecule has 1 heterocycles. The zero-order valence-corrected chi connectivity index (χ0v) is 8.91. The third-order valence-electron chi connectivity index (χ3n) is 2.58.